The number of hydrogen-bond donors (Lipinski definition) is 2. The highest BCUT2D eigenvalue weighted by Crippen LogP contribution is 2.15. The number of nitrogens with one attached hydrogen (secondary N) is 2. The van der Waals surface area contributed by atoms with Gasteiger partial charge in [-0.05, 0) is 32.2 Å². The van der Waals surface area contributed by atoms with Crippen molar-refractivity contribution in [2.75, 3.05) is 20.8 Å². The van der Waals surface area contributed by atoms with E-state index in [1.54, 1.807) is 14.0 Å². The van der Waals surface area contributed by atoms with Crippen molar-refractivity contribution >= 4 is 10.0 Å². The number of halogens is 1. The zero-order valence-electron chi connectivity index (χ0n) is 11.2. The average molecular weight is 290 g/mol. The Morgan fingerprint density at radius 1 is 1.42 bits per heavy atom. The molecule has 1 aromatic carbocycles. The topological polar surface area (TPSA) is 67.4 Å². The highest BCUT2D eigenvalue weighted by atomic mass is 32.2. The molecule has 0 heterocycles. The second kappa shape index (κ2) is 6.95. The third-order valence-electron chi connectivity index (χ3n) is 2.47. The van der Waals surface area contributed by atoms with E-state index in [2.05, 4.69) is 10.0 Å². The molecule has 108 valence electrons. The third kappa shape index (κ3) is 4.54. The molecular formula is C12H19FN2O3S. The van der Waals surface area contributed by atoms with Crippen LogP contribution >= 0.6 is 0 Å². The summed E-state index contributed by atoms with van der Waals surface area (Å²) >= 11 is 0. The van der Waals surface area contributed by atoms with Gasteiger partial charge >= 0.3 is 0 Å². The largest absolute Gasteiger partial charge is 0.383 e. The van der Waals surface area contributed by atoms with E-state index >= 15 is 0 Å². The molecular weight excluding hydrogens is 271 g/mol. The van der Waals surface area contributed by atoms with Crippen molar-refractivity contribution in [1.29, 1.82) is 0 Å². The van der Waals surface area contributed by atoms with Gasteiger partial charge in [-0.25, -0.2) is 17.5 Å². The van der Waals surface area contributed by atoms with Gasteiger partial charge in [0.05, 0.1) is 11.5 Å². The number of sulfonamides is 1. The lowest BCUT2D eigenvalue weighted by molar-refractivity contribution is 0.180. The van der Waals surface area contributed by atoms with E-state index in [1.165, 1.54) is 19.2 Å². The fourth-order valence-corrected chi connectivity index (χ4v) is 2.94. The molecule has 1 atom stereocenters. The molecule has 0 aliphatic rings. The van der Waals surface area contributed by atoms with Crippen molar-refractivity contribution in [3.63, 3.8) is 0 Å². The van der Waals surface area contributed by atoms with Gasteiger partial charge in [-0.15, -0.1) is 0 Å². The number of rotatable bonds is 7. The zero-order chi connectivity index (χ0) is 14.5. The maximum absolute atomic E-state index is 13.5. The van der Waals surface area contributed by atoms with Crippen LogP contribution in [-0.4, -0.2) is 35.2 Å². The lowest BCUT2D eigenvalue weighted by atomic mass is 10.2. The molecule has 1 aromatic rings. The predicted octanol–water partition coefficient (Wildman–Crippen LogP) is 0.858. The minimum absolute atomic E-state index is 0.0436. The van der Waals surface area contributed by atoms with Crippen LogP contribution in [0.4, 0.5) is 4.39 Å². The molecule has 19 heavy (non-hydrogen) atoms. The molecule has 5 nitrogen and oxygen atoms in total. The van der Waals surface area contributed by atoms with Crippen LogP contribution in [0.5, 0.6) is 0 Å². The smallest absolute Gasteiger partial charge is 0.240 e. The van der Waals surface area contributed by atoms with Gasteiger partial charge in [0.25, 0.3) is 0 Å². The summed E-state index contributed by atoms with van der Waals surface area (Å²) in [7, 11) is -0.504. The Kier molecular flexibility index (Phi) is 5.86. The second-order valence-corrected chi connectivity index (χ2v) is 5.98. The SMILES string of the molecule is CNCc1cc(S(=O)(=O)NC(C)COC)ccc1F. The summed E-state index contributed by atoms with van der Waals surface area (Å²) in [5.74, 6) is -0.432. The van der Waals surface area contributed by atoms with Crippen LogP contribution in [0.1, 0.15) is 12.5 Å². The highest BCUT2D eigenvalue weighted by molar-refractivity contribution is 7.89. The lowest BCUT2D eigenvalue weighted by Gasteiger charge is -2.14. The van der Waals surface area contributed by atoms with Gasteiger partial charge in [-0.1, -0.05) is 0 Å². The van der Waals surface area contributed by atoms with E-state index in [0.717, 1.165) is 6.07 Å². The Labute approximate surface area is 113 Å². The van der Waals surface area contributed by atoms with Gasteiger partial charge in [0, 0.05) is 25.3 Å². The lowest BCUT2D eigenvalue weighted by Crippen LogP contribution is -2.35. The van der Waals surface area contributed by atoms with Gasteiger partial charge in [0.2, 0.25) is 10.0 Å². The van der Waals surface area contributed by atoms with Crippen molar-refractivity contribution in [1.82, 2.24) is 10.0 Å². The van der Waals surface area contributed by atoms with E-state index in [0.29, 0.717) is 5.56 Å². The standard InChI is InChI=1S/C12H19FN2O3S/c1-9(8-18-3)15-19(16,17)11-4-5-12(13)10(6-11)7-14-2/h4-6,9,14-15H,7-8H2,1-3H3. The molecule has 0 fully saturated rings. The first-order chi connectivity index (χ1) is 8.90. The maximum atomic E-state index is 13.5. The van der Waals surface area contributed by atoms with E-state index in [-0.39, 0.29) is 24.1 Å². The molecule has 0 saturated carbocycles. The molecule has 0 saturated heterocycles. The summed E-state index contributed by atoms with van der Waals surface area (Å²) in [6.07, 6.45) is 0. The summed E-state index contributed by atoms with van der Waals surface area (Å²) in [6.45, 7) is 2.23. The monoisotopic (exact) mass is 290 g/mol. The highest BCUT2D eigenvalue weighted by Gasteiger charge is 2.18. The second-order valence-electron chi connectivity index (χ2n) is 4.26. The van der Waals surface area contributed by atoms with Crippen molar-refractivity contribution in [3.8, 4) is 0 Å². The first kappa shape index (κ1) is 16.0. The number of benzene rings is 1. The van der Waals surface area contributed by atoms with Crippen molar-refractivity contribution in [2.45, 2.75) is 24.4 Å². The first-order valence-electron chi connectivity index (χ1n) is 5.85. The molecule has 0 bridgehead atoms. The van der Waals surface area contributed by atoms with Crippen molar-refractivity contribution in [3.05, 3.63) is 29.6 Å². The van der Waals surface area contributed by atoms with Crippen LogP contribution < -0.4 is 10.0 Å². The van der Waals surface area contributed by atoms with Crippen molar-refractivity contribution in [2.24, 2.45) is 0 Å². The minimum atomic E-state index is -3.66. The van der Waals surface area contributed by atoms with Gasteiger partial charge in [-0.2, -0.15) is 0 Å². The van der Waals surface area contributed by atoms with Crippen LogP contribution in [0.25, 0.3) is 0 Å². The normalized spacial score (nSPS) is 13.5. The molecule has 1 unspecified atom stereocenters. The van der Waals surface area contributed by atoms with E-state index in [4.69, 9.17) is 4.74 Å². The predicted molar refractivity (Wildman–Crippen MR) is 70.8 cm³/mol. The Balaban J connectivity index is 2.98. The Bertz CT molecular complexity index is 520. The summed E-state index contributed by atoms with van der Waals surface area (Å²) in [5.41, 5.74) is 0.310. The fraction of sp³-hybridized carbons (Fsp3) is 0.500. The third-order valence-corrected chi connectivity index (χ3v) is 4.05. The van der Waals surface area contributed by atoms with Crippen LogP contribution in [0.15, 0.2) is 23.1 Å². The van der Waals surface area contributed by atoms with E-state index in [9.17, 15) is 12.8 Å². The molecule has 0 aliphatic carbocycles. The maximum Gasteiger partial charge on any atom is 0.240 e. The van der Waals surface area contributed by atoms with Crippen molar-refractivity contribution < 1.29 is 17.5 Å². The minimum Gasteiger partial charge on any atom is -0.383 e. The summed E-state index contributed by atoms with van der Waals surface area (Å²) < 4.78 is 44.9. The molecule has 1 rings (SSSR count). The molecule has 0 aromatic heterocycles. The summed E-state index contributed by atoms with van der Waals surface area (Å²) in [6, 6.07) is 3.37. The van der Waals surface area contributed by atoms with Gasteiger partial charge < -0.3 is 10.1 Å². The fourth-order valence-electron chi connectivity index (χ4n) is 1.66. The molecule has 0 spiro atoms. The van der Waals surface area contributed by atoms with Crippen LogP contribution in [0.3, 0.4) is 0 Å². The van der Waals surface area contributed by atoms with Gasteiger partial charge in [-0.3, -0.25) is 0 Å². The molecule has 0 radical (unpaired) electrons. The van der Waals surface area contributed by atoms with Crippen LogP contribution in [0, 0.1) is 5.82 Å². The average Bonchev–Trinajstić information content (AvgIpc) is 2.31. The first-order valence-corrected chi connectivity index (χ1v) is 7.33. The molecule has 0 amide bonds. The summed E-state index contributed by atoms with van der Waals surface area (Å²) in [5, 5.41) is 2.79. The van der Waals surface area contributed by atoms with Crippen LogP contribution in [-0.2, 0) is 21.3 Å². The quantitative estimate of drug-likeness (QED) is 0.781. The van der Waals surface area contributed by atoms with Gasteiger partial charge in [0.15, 0.2) is 0 Å². The zero-order valence-corrected chi connectivity index (χ0v) is 12.1. The van der Waals surface area contributed by atoms with E-state index in [1.807, 2.05) is 0 Å². The van der Waals surface area contributed by atoms with Crippen LogP contribution in [0.2, 0.25) is 0 Å². The Hall–Kier alpha value is -1.02. The number of methoxy groups -OCH3 is 1. The van der Waals surface area contributed by atoms with Gasteiger partial charge in [0.1, 0.15) is 5.82 Å². The Morgan fingerprint density at radius 3 is 2.68 bits per heavy atom. The van der Waals surface area contributed by atoms with E-state index < -0.39 is 15.8 Å². The molecule has 0 aliphatic heterocycles. The summed E-state index contributed by atoms with van der Waals surface area (Å²) in [4.78, 5) is 0.0436. The number of hydrogen-bond acceptors (Lipinski definition) is 4. The Morgan fingerprint density at radius 2 is 2.11 bits per heavy atom. The molecule has 7 heteroatoms. The molecule has 2 N–H and O–H groups in total. The number of ether oxygens (including phenoxy) is 1.